The zero-order chi connectivity index (χ0) is 11.5. The Morgan fingerprint density at radius 1 is 1.25 bits per heavy atom. The number of nitrogens with zero attached hydrogens (tertiary/aromatic N) is 5. The molecule has 1 heterocycles. The minimum Gasteiger partial charge on any atom is -0.378 e. The summed E-state index contributed by atoms with van der Waals surface area (Å²) < 4.78 is 1.64. The summed E-state index contributed by atoms with van der Waals surface area (Å²) in [6, 6.07) is 7.95. The Balaban J connectivity index is 2.35. The standard InChI is InChI=1S/C10H14N6/c1-15(2)8-3-5-9(6-4-8)16-10(7-11)12-13-14-16/h3-6H,7,11H2,1-2H3. The van der Waals surface area contributed by atoms with Gasteiger partial charge in [0.25, 0.3) is 0 Å². The van der Waals surface area contributed by atoms with E-state index in [4.69, 9.17) is 5.73 Å². The monoisotopic (exact) mass is 218 g/mol. The van der Waals surface area contributed by atoms with E-state index in [1.807, 2.05) is 43.3 Å². The summed E-state index contributed by atoms with van der Waals surface area (Å²) >= 11 is 0. The van der Waals surface area contributed by atoms with Crippen LogP contribution in [0.1, 0.15) is 5.82 Å². The highest BCUT2D eigenvalue weighted by atomic mass is 15.5. The minimum absolute atomic E-state index is 0.322. The van der Waals surface area contributed by atoms with Crippen molar-refractivity contribution in [3.63, 3.8) is 0 Å². The second-order valence-electron chi connectivity index (χ2n) is 3.62. The van der Waals surface area contributed by atoms with Crippen molar-refractivity contribution >= 4 is 5.69 Å². The van der Waals surface area contributed by atoms with E-state index in [0.29, 0.717) is 12.4 Å². The molecule has 0 unspecified atom stereocenters. The van der Waals surface area contributed by atoms with Crippen LogP contribution in [0, 0.1) is 0 Å². The van der Waals surface area contributed by atoms with Crippen molar-refractivity contribution in [3.8, 4) is 5.69 Å². The van der Waals surface area contributed by atoms with Gasteiger partial charge in [0.1, 0.15) is 0 Å². The smallest absolute Gasteiger partial charge is 0.170 e. The van der Waals surface area contributed by atoms with E-state index in [-0.39, 0.29) is 0 Å². The third-order valence-corrected chi connectivity index (χ3v) is 2.33. The van der Waals surface area contributed by atoms with E-state index in [0.717, 1.165) is 11.4 Å². The summed E-state index contributed by atoms with van der Waals surface area (Å²) in [7, 11) is 3.99. The highest BCUT2D eigenvalue weighted by Gasteiger charge is 2.06. The van der Waals surface area contributed by atoms with Crippen LogP contribution in [-0.2, 0) is 6.54 Å². The average molecular weight is 218 g/mol. The van der Waals surface area contributed by atoms with Crippen molar-refractivity contribution < 1.29 is 0 Å². The van der Waals surface area contributed by atoms with Gasteiger partial charge in [0, 0.05) is 19.8 Å². The number of aromatic nitrogens is 4. The molecule has 0 aliphatic carbocycles. The Morgan fingerprint density at radius 2 is 1.94 bits per heavy atom. The first-order valence-corrected chi connectivity index (χ1v) is 4.97. The topological polar surface area (TPSA) is 72.9 Å². The van der Waals surface area contributed by atoms with Crippen LogP contribution in [0.25, 0.3) is 5.69 Å². The van der Waals surface area contributed by atoms with Crippen LogP contribution in [0.15, 0.2) is 24.3 Å². The van der Waals surface area contributed by atoms with Crippen LogP contribution >= 0.6 is 0 Å². The van der Waals surface area contributed by atoms with Crippen LogP contribution in [0.4, 0.5) is 5.69 Å². The fourth-order valence-corrected chi connectivity index (χ4v) is 1.43. The lowest BCUT2D eigenvalue weighted by Gasteiger charge is -2.12. The second-order valence-corrected chi connectivity index (χ2v) is 3.62. The van der Waals surface area contributed by atoms with Gasteiger partial charge in [-0.3, -0.25) is 0 Å². The van der Waals surface area contributed by atoms with Crippen molar-refractivity contribution in [1.82, 2.24) is 20.2 Å². The minimum atomic E-state index is 0.322. The average Bonchev–Trinajstić information content (AvgIpc) is 2.77. The van der Waals surface area contributed by atoms with Crippen LogP contribution < -0.4 is 10.6 Å². The van der Waals surface area contributed by atoms with Crippen molar-refractivity contribution in [3.05, 3.63) is 30.1 Å². The molecule has 0 saturated carbocycles. The van der Waals surface area contributed by atoms with Gasteiger partial charge < -0.3 is 10.6 Å². The van der Waals surface area contributed by atoms with Gasteiger partial charge in [-0.15, -0.1) is 5.10 Å². The van der Waals surface area contributed by atoms with Crippen LogP contribution in [0.5, 0.6) is 0 Å². The van der Waals surface area contributed by atoms with Gasteiger partial charge >= 0.3 is 0 Å². The van der Waals surface area contributed by atoms with Gasteiger partial charge in [-0.25, -0.2) is 0 Å². The predicted molar refractivity (Wildman–Crippen MR) is 61.4 cm³/mol. The maximum atomic E-state index is 5.54. The first-order chi connectivity index (χ1) is 7.72. The van der Waals surface area contributed by atoms with Gasteiger partial charge in [0.05, 0.1) is 12.2 Å². The molecule has 0 saturated heterocycles. The maximum Gasteiger partial charge on any atom is 0.170 e. The molecule has 1 aromatic heterocycles. The predicted octanol–water partition coefficient (Wildman–Crippen LogP) is 0.187. The number of rotatable bonds is 3. The molecule has 6 nitrogen and oxygen atoms in total. The van der Waals surface area contributed by atoms with E-state index in [1.165, 1.54) is 0 Å². The fourth-order valence-electron chi connectivity index (χ4n) is 1.43. The van der Waals surface area contributed by atoms with E-state index in [9.17, 15) is 0 Å². The Morgan fingerprint density at radius 3 is 2.50 bits per heavy atom. The van der Waals surface area contributed by atoms with Crippen LogP contribution in [0.3, 0.4) is 0 Å². The first kappa shape index (κ1) is 10.6. The van der Waals surface area contributed by atoms with Crippen molar-refractivity contribution in [2.75, 3.05) is 19.0 Å². The maximum absolute atomic E-state index is 5.54. The zero-order valence-electron chi connectivity index (χ0n) is 9.33. The summed E-state index contributed by atoms with van der Waals surface area (Å²) in [5.41, 5.74) is 7.58. The van der Waals surface area contributed by atoms with E-state index >= 15 is 0 Å². The normalized spacial score (nSPS) is 10.4. The van der Waals surface area contributed by atoms with Gasteiger partial charge in [-0.2, -0.15) is 4.68 Å². The molecular weight excluding hydrogens is 204 g/mol. The summed E-state index contributed by atoms with van der Waals surface area (Å²) in [4.78, 5) is 2.03. The summed E-state index contributed by atoms with van der Waals surface area (Å²) in [6.07, 6.45) is 0. The summed E-state index contributed by atoms with van der Waals surface area (Å²) in [6.45, 7) is 0.322. The third kappa shape index (κ3) is 1.87. The molecule has 1 aromatic carbocycles. The number of benzene rings is 1. The third-order valence-electron chi connectivity index (χ3n) is 2.33. The Bertz CT molecular complexity index is 458. The lowest BCUT2D eigenvalue weighted by molar-refractivity contribution is 0.761. The molecule has 0 aliphatic heterocycles. The molecule has 0 radical (unpaired) electrons. The Labute approximate surface area is 93.7 Å². The molecule has 2 aromatic rings. The lowest BCUT2D eigenvalue weighted by Crippen LogP contribution is -2.10. The van der Waals surface area contributed by atoms with Gasteiger partial charge in [0.15, 0.2) is 5.82 Å². The molecule has 0 aliphatic rings. The van der Waals surface area contributed by atoms with E-state index in [1.54, 1.807) is 4.68 Å². The molecule has 6 heteroatoms. The number of hydrogen-bond acceptors (Lipinski definition) is 5. The Hall–Kier alpha value is -1.95. The van der Waals surface area contributed by atoms with Crippen LogP contribution in [-0.4, -0.2) is 34.3 Å². The second kappa shape index (κ2) is 4.28. The van der Waals surface area contributed by atoms with Gasteiger partial charge in [-0.05, 0) is 34.7 Å². The number of anilines is 1. The summed E-state index contributed by atoms with van der Waals surface area (Å²) in [5, 5.41) is 11.3. The highest BCUT2D eigenvalue weighted by molar-refractivity contribution is 5.49. The van der Waals surface area contributed by atoms with Gasteiger partial charge in [-0.1, -0.05) is 0 Å². The molecule has 84 valence electrons. The Kier molecular flexibility index (Phi) is 2.82. The SMILES string of the molecule is CN(C)c1ccc(-n2nnnc2CN)cc1. The lowest BCUT2D eigenvalue weighted by atomic mass is 10.2. The van der Waals surface area contributed by atoms with Crippen molar-refractivity contribution in [2.45, 2.75) is 6.54 Å². The largest absolute Gasteiger partial charge is 0.378 e. The van der Waals surface area contributed by atoms with Crippen molar-refractivity contribution in [1.29, 1.82) is 0 Å². The number of tetrazole rings is 1. The molecule has 0 spiro atoms. The number of hydrogen-bond donors (Lipinski definition) is 1. The zero-order valence-corrected chi connectivity index (χ0v) is 9.33. The highest BCUT2D eigenvalue weighted by Crippen LogP contribution is 2.15. The van der Waals surface area contributed by atoms with Gasteiger partial charge in [0.2, 0.25) is 0 Å². The molecule has 16 heavy (non-hydrogen) atoms. The fraction of sp³-hybridized carbons (Fsp3) is 0.300. The summed E-state index contributed by atoms with van der Waals surface area (Å²) in [5.74, 6) is 0.651. The van der Waals surface area contributed by atoms with Crippen LogP contribution in [0.2, 0.25) is 0 Å². The molecule has 0 amide bonds. The molecule has 0 bridgehead atoms. The van der Waals surface area contributed by atoms with Crippen molar-refractivity contribution in [2.24, 2.45) is 5.73 Å². The first-order valence-electron chi connectivity index (χ1n) is 4.97. The molecule has 0 atom stereocenters. The molecule has 2 rings (SSSR count). The quantitative estimate of drug-likeness (QED) is 0.796. The molecular formula is C10H14N6. The molecule has 0 fully saturated rings. The van der Waals surface area contributed by atoms with E-state index < -0.39 is 0 Å². The molecule has 2 N–H and O–H groups in total. The number of nitrogens with two attached hydrogens (primary N) is 1. The van der Waals surface area contributed by atoms with E-state index in [2.05, 4.69) is 15.5 Å².